The predicted molar refractivity (Wildman–Crippen MR) is 137 cm³/mol. The molecular weight excluding hydrogens is 456 g/mol. The molecule has 3 unspecified atom stereocenters. The summed E-state index contributed by atoms with van der Waals surface area (Å²) in [4.78, 5) is 12.5. The van der Waals surface area contributed by atoms with Crippen LogP contribution in [-0.2, 0) is 19.0 Å². The molecule has 36 heavy (non-hydrogen) atoms. The zero-order chi connectivity index (χ0) is 24.8. The molecular formula is C30H38O6. The highest BCUT2D eigenvalue weighted by atomic mass is 16.6. The normalized spacial score (nSPS) is 23.9. The summed E-state index contributed by atoms with van der Waals surface area (Å²) in [5, 5.41) is 0. The molecule has 0 radical (unpaired) electrons. The van der Waals surface area contributed by atoms with E-state index in [9.17, 15) is 4.79 Å². The fourth-order valence-corrected chi connectivity index (χ4v) is 4.98. The van der Waals surface area contributed by atoms with Crippen molar-refractivity contribution in [1.29, 1.82) is 0 Å². The van der Waals surface area contributed by atoms with E-state index < -0.39 is 0 Å². The molecule has 3 atom stereocenters. The summed E-state index contributed by atoms with van der Waals surface area (Å²) < 4.78 is 28.1. The van der Waals surface area contributed by atoms with Gasteiger partial charge in [0.2, 0.25) is 0 Å². The first kappa shape index (κ1) is 25.2. The van der Waals surface area contributed by atoms with Gasteiger partial charge in [0.15, 0.2) is 0 Å². The number of fused-ring (bicyclic) bond motifs is 1. The lowest BCUT2D eigenvalue weighted by Crippen LogP contribution is -2.43. The minimum atomic E-state index is -0.138. The second-order valence-electron chi connectivity index (χ2n) is 10.8. The summed E-state index contributed by atoms with van der Waals surface area (Å²) >= 11 is 0. The molecule has 194 valence electrons. The van der Waals surface area contributed by atoms with E-state index in [1.807, 2.05) is 36.4 Å². The number of esters is 1. The van der Waals surface area contributed by atoms with Crippen LogP contribution in [-0.4, -0.2) is 51.2 Å². The SMILES string of the molecule is CC1(COCCCCCCOc2ccc(-c3ccc(OC(=O)C4CCC5OC5C4)cc3)cc2)COC1. The van der Waals surface area contributed by atoms with E-state index in [0.29, 0.717) is 11.9 Å². The van der Waals surface area contributed by atoms with Gasteiger partial charge < -0.3 is 23.7 Å². The molecule has 0 bridgehead atoms. The van der Waals surface area contributed by atoms with Gasteiger partial charge >= 0.3 is 5.97 Å². The number of hydrogen-bond donors (Lipinski definition) is 0. The predicted octanol–water partition coefficient (Wildman–Crippen LogP) is 5.82. The van der Waals surface area contributed by atoms with Crippen molar-refractivity contribution in [3.63, 3.8) is 0 Å². The summed E-state index contributed by atoms with van der Waals surface area (Å²) in [5.41, 5.74) is 2.42. The smallest absolute Gasteiger partial charge is 0.314 e. The lowest BCUT2D eigenvalue weighted by molar-refractivity contribution is -0.139. The molecule has 0 N–H and O–H groups in total. The molecule has 0 spiro atoms. The fraction of sp³-hybridized carbons (Fsp3) is 0.567. The van der Waals surface area contributed by atoms with E-state index in [2.05, 4.69) is 19.1 Å². The molecule has 3 aliphatic rings. The summed E-state index contributed by atoms with van der Waals surface area (Å²) in [7, 11) is 0. The van der Waals surface area contributed by atoms with E-state index in [4.69, 9.17) is 23.7 Å². The highest BCUT2D eigenvalue weighted by Crippen LogP contribution is 2.40. The minimum Gasteiger partial charge on any atom is -0.494 e. The van der Waals surface area contributed by atoms with Crippen LogP contribution >= 0.6 is 0 Å². The van der Waals surface area contributed by atoms with Crippen molar-refractivity contribution in [3.05, 3.63) is 48.5 Å². The summed E-state index contributed by atoms with van der Waals surface area (Å²) in [6.45, 7) is 6.23. The monoisotopic (exact) mass is 494 g/mol. The molecule has 2 saturated heterocycles. The Morgan fingerprint density at radius 2 is 1.53 bits per heavy atom. The van der Waals surface area contributed by atoms with E-state index in [0.717, 1.165) is 94.9 Å². The van der Waals surface area contributed by atoms with Crippen LogP contribution in [0.5, 0.6) is 11.5 Å². The van der Waals surface area contributed by atoms with Gasteiger partial charge in [-0.3, -0.25) is 4.79 Å². The number of carbonyl (C=O) groups excluding carboxylic acids is 1. The third kappa shape index (κ3) is 6.87. The van der Waals surface area contributed by atoms with Crippen molar-refractivity contribution in [2.24, 2.45) is 11.3 Å². The first-order chi connectivity index (χ1) is 17.6. The molecule has 2 aromatic carbocycles. The maximum Gasteiger partial charge on any atom is 0.314 e. The highest BCUT2D eigenvalue weighted by molar-refractivity contribution is 5.76. The van der Waals surface area contributed by atoms with Crippen molar-refractivity contribution >= 4 is 5.97 Å². The van der Waals surface area contributed by atoms with Crippen LogP contribution in [0.4, 0.5) is 0 Å². The standard InChI is InChI=1S/C30H38O6/c1-30(20-33-21-30)19-32-16-4-2-3-5-17-34-25-11-6-22(7-12-25)23-8-13-26(14-9-23)35-29(31)24-10-15-27-28(18-24)36-27/h6-9,11-14,24,27-28H,2-5,10,15-21H2,1H3. The average Bonchev–Trinajstić information content (AvgIpc) is 3.66. The Balaban J connectivity index is 0.965. The van der Waals surface area contributed by atoms with Gasteiger partial charge in [0.25, 0.3) is 0 Å². The Bertz CT molecular complexity index is 982. The van der Waals surface area contributed by atoms with Gasteiger partial charge in [-0.05, 0) is 73.9 Å². The summed E-state index contributed by atoms with van der Waals surface area (Å²) in [6, 6.07) is 15.9. The summed E-state index contributed by atoms with van der Waals surface area (Å²) in [5.74, 6) is 1.30. The molecule has 1 saturated carbocycles. The highest BCUT2D eigenvalue weighted by Gasteiger charge is 2.46. The van der Waals surface area contributed by atoms with Gasteiger partial charge in [0.05, 0.1) is 44.6 Å². The Labute approximate surface area is 214 Å². The number of carbonyl (C=O) groups is 1. The molecule has 0 aromatic heterocycles. The average molecular weight is 495 g/mol. The number of ether oxygens (including phenoxy) is 5. The quantitative estimate of drug-likeness (QED) is 0.151. The number of unbranched alkanes of at least 4 members (excludes halogenated alkanes) is 3. The van der Waals surface area contributed by atoms with Crippen LogP contribution in [0.2, 0.25) is 0 Å². The van der Waals surface area contributed by atoms with Crippen LogP contribution in [0, 0.1) is 11.3 Å². The van der Waals surface area contributed by atoms with E-state index in [1.165, 1.54) is 0 Å². The van der Waals surface area contributed by atoms with Gasteiger partial charge in [-0.25, -0.2) is 0 Å². The Morgan fingerprint density at radius 3 is 2.17 bits per heavy atom. The number of epoxide rings is 1. The number of benzene rings is 2. The van der Waals surface area contributed by atoms with Crippen LogP contribution in [0.3, 0.4) is 0 Å². The number of hydrogen-bond acceptors (Lipinski definition) is 6. The second kappa shape index (κ2) is 11.8. The fourth-order valence-electron chi connectivity index (χ4n) is 4.98. The van der Waals surface area contributed by atoms with Gasteiger partial charge in [-0.1, -0.05) is 37.6 Å². The third-order valence-corrected chi connectivity index (χ3v) is 7.40. The van der Waals surface area contributed by atoms with Gasteiger partial charge in [0, 0.05) is 12.0 Å². The molecule has 6 nitrogen and oxygen atoms in total. The molecule has 2 heterocycles. The zero-order valence-electron chi connectivity index (χ0n) is 21.3. The molecule has 3 fully saturated rings. The van der Waals surface area contributed by atoms with Crippen LogP contribution in [0.1, 0.15) is 51.9 Å². The molecule has 1 aliphatic carbocycles. The van der Waals surface area contributed by atoms with Crippen LogP contribution < -0.4 is 9.47 Å². The van der Waals surface area contributed by atoms with E-state index >= 15 is 0 Å². The maximum atomic E-state index is 12.5. The maximum absolute atomic E-state index is 12.5. The first-order valence-electron chi connectivity index (χ1n) is 13.4. The van der Waals surface area contributed by atoms with Crippen LogP contribution in [0.15, 0.2) is 48.5 Å². The Hall–Kier alpha value is -2.41. The van der Waals surface area contributed by atoms with Crippen molar-refractivity contribution in [1.82, 2.24) is 0 Å². The largest absolute Gasteiger partial charge is 0.494 e. The van der Waals surface area contributed by atoms with E-state index in [-0.39, 0.29) is 23.4 Å². The van der Waals surface area contributed by atoms with Gasteiger partial charge in [-0.15, -0.1) is 0 Å². The molecule has 2 aromatic rings. The van der Waals surface area contributed by atoms with Crippen LogP contribution in [0.25, 0.3) is 11.1 Å². The lowest BCUT2D eigenvalue weighted by atomic mass is 9.89. The molecule has 2 aliphatic heterocycles. The summed E-state index contributed by atoms with van der Waals surface area (Å²) in [6.07, 6.45) is 7.74. The van der Waals surface area contributed by atoms with Crippen molar-refractivity contribution in [2.75, 3.05) is 33.0 Å². The van der Waals surface area contributed by atoms with Gasteiger partial charge in [-0.2, -0.15) is 0 Å². The molecule has 0 amide bonds. The van der Waals surface area contributed by atoms with Crippen molar-refractivity contribution < 1.29 is 28.5 Å². The Kier molecular flexibility index (Phi) is 8.25. The molecule has 5 rings (SSSR count). The van der Waals surface area contributed by atoms with E-state index in [1.54, 1.807) is 0 Å². The lowest BCUT2D eigenvalue weighted by Gasteiger charge is -2.37. The van der Waals surface area contributed by atoms with Crippen molar-refractivity contribution in [3.8, 4) is 22.6 Å². The second-order valence-corrected chi connectivity index (χ2v) is 10.8. The minimum absolute atomic E-state index is 0.0452. The zero-order valence-corrected chi connectivity index (χ0v) is 21.3. The first-order valence-corrected chi connectivity index (χ1v) is 13.4. The topological polar surface area (TPSA) is 66.5 Å². The third-order valence-electron chi connectivity index (χ3n) is 7.40. The molecule has 6 heteroatoms. The van der Waals surface area contributed by atoms with Gasteiger partial charge in [0.1, 0.15) is 11.5 Å². The van der Waals surface area contributed by atoms with Crippen molar-refractivity contribution in [2.45, 2.75) is 64.1 Å². The Morgan fingerprint density at radius 1 is 0.861 bits per heavy atom. The number of rotatable bonds is 13.